The molecule has 2 N–H and O–H groups in total. The lowest BCUT2D eigenvalue weighted by atomic mass is 10.1. The number of nitrogens with two attached hydrogens (primary N) is 1. The van der Waals surface area contributed by atoms with Gasteiger partial charge in [0.15, 0.2) is 4.90 Å². The van der Waals surface area contributed by atoms with E-state index in [-0.39, 0.29) is 21.5 Å². The smallest absolute Gasteiger partial charge is 0.297 e. The van der Waals surface area contributed by atoms with E-state index in [0.29, 0.717) is 12.0 Å². The molecule has 0 aliphatic carbocycles. The second-order valence-corrected chi connectivity index (χ2v) is 7.32. The van der Waals surface area contributed by atoms with Gasteiger partial charge in [-0.1, -0.05) is 25.1 Å². The largest absolute Gasteiger partial charge is 0.397 e. The molecule has 1 heterocycles. The minimum Gasteiger partial charge on any atom is -0.397 e. The third-order valence-corrected chi connectivity index (χ3v) is 5.84. The summed E-state index contributed by atoms with van der Waals surface area (Å²) in [7, 11) is -4.12. The maximum absolute atomic E-state index is 13.2. The summed E-state index contributed by atoms with van der Waals surface area (Å²) in [5.74, 6) is 0. The number of nitro groups is 1. The van der Waals surface area contributed by atoms with Gasteiger partial charge in [0.25, 0.3) is 5.69 Å². The number of fused-ring (bicyclic) bond motifs is 1. The van der Waals surface area contributed by atoms with E-state index in [1.54, 1.807) is 18.2 Å². The van der Waals surface area contributed by atoms with Crippen molar-refractivity contribution in [3.05, 3.63) is 64.3 Å². The molecule has 0 fully saturated rings. The molecule has 1 aromatic heterocycles. The number of aromatic nitrogens is 1. The van der Waals surface area contributed by atoms with E-state index in [1.807, 2.05) is 6.92 Å². The van der Waals surface area contributed by atoms with E-state index < -0.39 is 25.3 Å². The van der Waals surface area contributed by atoms with Gasteiger partial charge in [-0.05, 0) is 36.2 Å². The Kier molecular flexibility index (Phi) is 4.13. The van der Waals surface area contributed by atoms with Crippen molar-refractivity contribution in [2.45, 2.75) is 23.1 Å². The molecule has 0 atom stereocenters. The van der Waals surface area contributed by atoms with Crippen LogP contribution >= 0.6 is 0 Å². The lowest BCUT2D eigenvalue weighted by Crippen LogP contribution is -2.10. The first-order valence-electron chi connectivity index (χ1n) is 7.52. The Morgan fingerprint density at radius 1 is 1.16 bits per heavy atom. The highest BCUT2D eigenvalue weighted by Gasteiger charge is 2.32. The fourth-order valence-corrected chi connectivity index (χ4v) is 4.58. The number of nitro benzene ring substituents is 1. The molecule has 0 aliphatic heterocycles. The second-order valence-electron chi connectivity index (χ2n) is 5.43. The lowest BCUT2D eigenvalue weighted by Gasteiger charge is -2.12. The number of nitrogens with zero attached hydrogens (tertiary/aromatic N) is 2. The number of hydrogen-bond donors (Lipinski definition) is 1. The van der Waals surface area contributed by atoms with Crippen LogP contribution in [-0.2, 0) is 16.3 Å². The number of rotatable bonds is 4. The van der Waals surface area contributed by atoms with Crippen LogP contribution in [0.25, 0.3) is 10.9 Å². The minimum absolute atomic E-state index is 0.0447. The summed E-state index contributed by atoms with van der Waals surface area (Å²) >= 11 is 0. The summed E-state index contributed by atoms with van der Waals surface area (Å²) < 4.78 is 26.3. The van der Waals surface area contributed by atoms with E-state index in [2.05, 4.69) is 4.98 Å². The van der Waals surface area contributed by atoms with E-state index >= 15 is 0 Å². The van der Waals surface area contributed by atoms with Crippen molar-refractivity contribution in [2.24, 2.45) is 0 Å². The van der Waals surface area contributed by atoms with Crippen LogP contribution in [0.4, 0.5) is 11.4 Å². The first kappa shape index (κ1) is 16.8. The van der Waals surface area contributed by atoms with Crippen molar-refractivity contribution in [3.8, 4) is 0 Å². The van der Waals surface area contributed by atoms with Gasteiger partial charge in [0.05, 0.1) is 20.9 Å². The highest BCUT2D eigenvalue weighted by molar-refractivity contribution is 7.91. The molecule has 0 radical (unpaired) electrons. The predicted molar refractivity (Wildman–Crippen MR) is 94.1 cm³/mol. The van der Waals surface area contributed by atoms with Crippen LogP contribution in [-0.4, -0.2) is 18.3 Å². The zero-order valence-corrected chi connectivity index (χ0v) is 14.2. The van der Waals surface area contributed by atoms with Gasteiger partial charge >= 0.3 is 0 Å². The Balaban J connectivity index is 2.43. The Morgan fingerprint density at radius 2 is 1.88 bits per heavy atom. The van der Waals surface area contributed by atoms with Crippen LogP contribution in [0.1, 0.15) is 12.5 Å². The number of sulfone groups is 1. The van der Waals surface area contributed by atoms with Crippen molar-refractivity contribution in [1.82, 2.24) is 4.98 Å². The SMILES string of the molecule is CCc1ccccc1S(=O)(=O)c1cc(N)c2ncccc2c1[N+](=O)[O-]. The topological polar surface area (TPSA) is 116 Å². The van der Waals surface area contributed by atoms with Gasteiger partial charge in [0.1, 0.15) is 5.52 Å². The number of nitrogen functional groups attached to an aromatic ring is 1. The molecule has 0 aliphatic rings. The minimum atomic E-state index is -4.12. The average molecular weight is 357 g/mol. The molecule has 25 heavy (non-hydrogen) atoms. The third-order valence-electron chi connectivity index (χ3n) is 3.97. The molecule has 0 unspecified atom stereocenters. The van der Waals surface area contributed by atoms with Crippen LogP contribution in [0, 0.1) is 10.1 Å². The van der Waals surface area contributed by atoms with Gasteiger partial charge < -0.3 is 5.73 Å². The Hall–Kier alpha value is -3.00. The quantitative estimate of drug-likeness (QED) is 0.435. The van der Waals surface area contributed by atoms with E-state index in [0.717, 1.165) is 6.07 Å². The Morgan fingerprint density at radius 3 is 2.56 bits per heavy atom. The van der Waals surface area contributed by atoms with Crippen LogP contribution in [0.3, 0.4) is 0 Å². The average Bonchev–Trinajstić information content (AvgIpc) is 2.61. The molecule has 0 saturated heterocycles. The number of pyridine rings is 1. The second kappa shape index (κ2) is 6.14. The number of benzene rings is 2. The lowest BCUT2D eigenvalue weighted by molar-refractivity contribution is -0.386. The molecule has 0 amide bonds. The summed E-state index contributed by atoms with van der Waals surface area (Å²) in [6.45, 7) is 1.82. The van der Waals surface area contributed by atoms with E-state index in [4.69, 9.17) is 5.73 Å². The number of anilines is 1. The monoisotopic (exact) mass is 357 g/mol. The van der Waals surface area contributed by atoms with Crippen molar-refractivity contribution >= 4 is 32.1 Å². The molecule has 128 valence electrons. The van der Waals surface area contributed by atoms with Gasteiger partial charge in [0, 0.05) is 6.20 Å². The molecule has 2 aromatic carbocycles. The molecule has 7 nitrogen and oxygen atoms in total. The zero-order valence-electron chi connectivity index (χ0n) is 13.3. The maximum atomic E-state index is 13.2. The highest BCUT2D eigenvalue weighted by atomic mass is 32.2. The van der Waals surface area contributed by atoms with Crippen molar-refractivity contribution in [1.29, 1.82) is 0 Å². The van der Waals surface area contributed by atoms with Gasteiger partial charge in [-0.2, -0.15) is 0 Å². The first-order chi connectivity index (χ1) is 11.9. The van der Waals surface area contributed by atoms with Crippen LogP contribution < -0.4 is 5.73 Å². The number of hydrogen-bond acceptors (Lipinski definition) is 6. The molecular formula is C17H15N3O4S. The Labute approximate surface area is 144 Å². The van der Waals surface area contributed by atoms with E-state index in [9.17, 15) is 18.5 Å². The molecule has 0 saturated carbocycles. The van der Waals surface area contributed by atoms with Gasteiger partial charge in [0.2, 0.25) is 9.84 Å². The molecule has 3 rings (SSSR count). The van der Waals surface area contributed by atoms with Gasteiger partial charge in [-0.25, -0.2) is 8.42 Å². The van der Waals surface area contributed by atoms with Gasteiger partial charge in [-0.3, -0.25) is 15.1 Å². The predicted octanol–water partition coefficient (Wildman–Crippen LogP) is 3.12. The zero-order chi connectivity index (χ0) is 18.2. The Bertz CT molecular complexity index is 1090. The maximum Gasteiger partial charge on any atom is 0.297 e. The molecule has 0 bridgehead atoms. The molecule has 3 aromatic rings. The van der Waals surface area contributed by atoms with Crippen molar-refractivity contribution in [2.75, 3.05) is 5.73 Å². The number of aryl methyl sites for hydroxylation is 1. The summed E-state index contributed by atoms with van der Waals surface area (Å²) in [6.07, 6.45) is 1.93. The third kappa shape index (κ3) is 2.70. The first-order valence-corrected chi connectivity index (χ1v) is 9.00. The molecule has 0 spiro atoms. The molecular weight excluding hydrogens is 342 g/mol. The van der Waals surface area contributed by atoms with Crippen LogP contribution in [0.2, 0.25) is 0 Å². The fraction of sp³-hybridized carbons (Fsp3) is 0.118. The van der Waals surface area contributed by atoms with Crippen LogP contribution in [0.5, 0.6) is 0 Å². The normalized spacial score (nSPS) is 11.6. The van der Waals surface area contributed by atoms with Gasteiger partial charge in [-0.15, -0.1) is 0 Å². The highest BCUT2D eigenvalue weighted by Crippen LogP contribution is 2.38. The standard InChI is InChI=1S/C17H15N3O4S/c1-2-11-6-3-4-8-14(11)25(23,24)15-10-13(18)16-12(7-5-9-19-16)17(15)20(21)22/h3-10H,2,18H2,1H3. The molecule has 8 heteroatoms. The van der Waals surface area contributed by atoms with Crippen molar-refractivity contribution in [3.63, 3.8) is 0 Å². The summed E-state index contributed by atoms with van der Waals surface area (Å²) in [6, 6.07) is 10.5. The van der Waals surface area contributed by atoms with Crippen LogP contribution in [0.15, 0.2) is 58.5 Å². The summed E-state index contributed by atoms with van der Waals surface area (Å²) in [5, 5.41) is 11.7. The summed E-state index contributed by atoms with van der Waals surface area (Å²) in [4.78, 5) is 14.6. The van der Waals surface area contributed by atoms with Crippen molar-refractivity contribution < 1.29 is 13.3 Å². The fourth-order valence-electron chi connectivity index (χ4n) is 2.81. The van der Waals surface area contributed by atoms with E-state index in [1.165, 1.54) is 24.4 Å². The summed E-state index contributed by atoms with van der Waals surface area (Å²) in [5.41, 5.74) is 6.28.